The Hall–Kier alpha value is -1.62. The van der Waals surface area contributed by atoms with Gasteiger partial charge in [0.05, 0.1) is 25.7 Å². The normalized spacial score (nSPS) is 16.2. The quantitative estimate of drug-likeness (QED) is 0.590. The molecule has 0 saturated heterocycles. The van der Waals surface area contributed by atoms with Gasteiger partial charge in [-0.1, -0.05) is 77.7 Å². The van der Waals surface area contributed by atoms with Gasteiger partial charge >= 0.3 is 0 Å². The number of amides is 1. The number of halogens is 2. The molecule has 0 atom stereocenters. The number of thiazole rings is 1. The maximum Gasteiger partial charge on any atom is 0.236 e. The highest BCUT2D eigenvalue weighted by Crippen LogP contribution is 2.42. The minimum atomic E-state index is -0.464. The fraction of sp³-hybridized carbons (Fsp3) is 0.263. The van der Waals surface area contributed by atoms with Crippen LogP contribution >= 0.6 is 34.5 Å². The van der Waals surface area contributed by atoms with Crippen molar-refractivity contribution in [3.05, 3.63) is 58.1 Å². The molecule has 1 saturated carbocycles. The summed E-state index contributed by atoms with van der Waals surface area (Å²) in [5, 5.41) is 4.58. The summed E-state index contributed by atoms with van der Waals surface area (Å²) in [6.45, 7) is 0. The molecule has 1 N–H and O–H groups in total. The smallest absolute Gasteiger partial charge is 0.236 e. The number of hydrogen-bond donors (Lipinski definition) is 1. The molecule has 1 aliphatic rings. The van der Waals surface area contributed by atoms with Crippen molar-refractivity contribution in [2.24, 2.45) is 0 Å². The van der Waals surface area contributed by atoms with E-state index in [9.17, 15) is 4.79 Å². The van der Waals surface area contributed by atoms with Crippen molar-refractivity contribution in [3.63, 3.8) is 0 Å². The Morgan fingerprint density at radius 1 is 1.08 bits per heavy atom. The molecule has 0 spiro atoms. The van der Waals surface area contributed by atoms with Crippen molar-refractivity contribution in [1.29, 1.82) is 0 Å². The SMILES string of the molecule is O=C(Nc1nc2cc(Cl)c(Cl)cc2s1)C1(c2ccccc2)CCCC1. The average Bonchev–Trinajstić information content (AvgIpc) is 3.24. The van der Waals surface area contributed by atoms with Crippen molar-refractivity contribution >= 4 is 55.8 Å². The summed E-state index contributed by atoms with van der Waals surface area (Å²) in [5.41, 5.74) is 1.36. The Morgan fingerprint density at radius 3 is 2.48 bits per heavy atom. The average molecular weight is 391 g/mol. The van der Waals surface area contributed by atoms with Gasteiger partial charge in [0.25, 0.3) is 0 Å². The summed E-state index contributed by atoms with van der Waals surface area (Å²) >= 11 is 13.5. The molecule has 1 aromatic heterocycles. The summed E-state index contributed by atoms with van der Waals surface area (Å²) in [6, 6.07) is 13.6. The zero-order valence-electron chi connectivity index (χ0n) is 13.4. The minimum Gasteiger partial charge on any atom is -0.301 e. The zero-order chi connectivity index (χ0) is 17.4. The molecule has 0 aliphatic heterocycles. The Balaban J connectivity index is 1.66. The van der Waals surface area contributed by atoms with Gasteiger partial charge in [-0.2, -0.15) is 0 Å². The van der Waals surface area contributed by atoms with Crippen LogP contribution in [-0.4, -0.2) is 10.9 Å². The highest BCUT2D eigenvalue weighted by Gasteiger charge is 2.42. The van der Waals surface area contributed by atoms with Crippen LogP contribution in [0.3, 0.4) is 0 Å². The van der Waals surface area contributed by atoms with Gasteiger partial charge in [-0.25, -0.2) is 4.98 Å². The first kappa shape index (κ1) is 16.8. The van der Waals surface area contributed by atoms with Crippen molar-refractivity contribution in [2.45, 2.75) is 31.1 Å². The fourth-order valence-corrected chi connectivity index (χ4v) is 4.84. The van der Waals surface area contributed by atoms with Crippen LogP contribution in [0.1, 0.15) is 31.2 Å². The van der Waals surface area contributed by atoms with E-state index in [1.165, 1.54) is 11.3 Å². The molecule has 0 unspecified atom stereocenters. The van der Waals surface area contributed by atoms with Crippen LogP contribution in [0, 0.1) is 0 Å². The number of nitrogens with zero attached hydrogens (tertiary/aromatic N) is 1. The van der Waals surface area contributed by atoms with E-state index in [1.54, 1.807) is 12.1 Å². The first-order valence-corrected chi connectivity index (χ1v) is 9.78. The highest BCUT2D eigenvalue weighted by molar-refractivity contribution is 7.22. The van der Waals surface area contributed by atoms with E-state index >= 15 is 0 Å². The van der Waals surface area contributed by atoms with Crippen molar-refractivity contribution in [3.8, 4) is 0 Å². The van der Waals surface area contributed by atoms with Gasteiger partial charge in [-0.05, 0) is 30.5 Å². The van der Waals surface area contributed by atoms with Gasteiger partial charge in [-0.15, -0.1) is 0 Å². The number of benzene rings is 2. The summed E-state index contributed by atoms with van der Waals surface area (Å²) in [7, 11) is 0. The molecule has 2 aromatic carbocycles. The third kappa shape index (κ3) is 3.03. The molecule has 1 fully saturated rings. The van der Waals surface area contributed by atoms with E-state index in [0.29, 0.717) is 15.2 Å². The lowest BCUT2D eigenvalue weighted by atomic mass is 9.78. The second-order valence-corrected chi connectivity index (χ2v) is 8.21. The topological polar surface area (TPSA) is 42.0 Å². The molecule has 1 amide bonds. The van der Waals surface area contributed by atoms with Crippen LogP contribution in [0.25, 0.3) is 10.2 Å². The maximum atomic E-state index is 13.2. The molecule has 1 heterocycles. The lowest BCUT2D eigenvalue weighted by Gasteiger charge is -2.27. The fourth-order valence-electron chi connectivity index (χ4n) is 3.58. The van der Waals surface area contributed by atoms with E-state index in [-0.39, 0.29) is 5.91 Å². The molecule has 0 radical (unpaired) electrons. The number of hydrogen-bond acceptors (Lipinski definition) is 3. The number of nitrogens with one attached hydrogen (secondary N) is 1. The van der Waals surface area contributed by atoms with Gasteiger partial charge in [0.1, 0.15) is 0 Å². The lowest BCUT2D eigenvalue weighted by Crippen LogP contribution is -2.37. The van der Waals surface area contributed by atoms with Crippen LogP contribution in [0.2, 0.25) is 10.0 Å². The van der Waals surface area contributed by atoms with Crippen molar-refractivity contribution in [1.82, 2.24) is 4.98 Å². The third-order valence-electron chi connectivity index (χ3n) is 4.87. The number of aromatic nitrogens is 1. The Bertz CT molecular complexity index is 894. The Morgan fingerprint density at radius 2 is 1.76 bits per heavy atom. The van der Waals surface area contributed by atoms with Crippen LogP contribution < -0.4 is 5.32 Å². The zero-order valence-corrected chi connectivity index (χ0v) is 15.7. The van der Waals surface area contributed by atoms with E-state index in [2.05, 4.69) is 10.3 Å². The maximum absolute atomic E-state index is 13.2. The summed E-state index contributed by atoms with van der Waals surface area (Å²) in [6.07, 6.45) is 3.86. The predicted molar refractivity (Wildman–Crippen MR) is 105 cm³/mol. The van der Waals surface area contributed by atoms with Crippen molar-refractivity contribution in [2.75, 3.05) is 5.32 Å². The number of anilines is 1. The number of fused-ring (bicyclic) bond motifs is 1. The van der Waals surface area contributed by atoms with Crippen LogP contribution in [-0.2, 0) is 10.2 Å². The first-order chi connectivity index (χ1) is 12.1. The van der Waals surface area contributed by atoms with Gasteiger partial charge in [0.15, 0.2) is 5.13 Å². The highest BCUT2D eigenvalue weighted by atomic mass is 35.5. The number of rotatable bonds is 3. The standard InChI is InChI=1S/C19H16Cl2N2OS/c20-13-10-15-16(11-14(13)21)25-18(22-15)23-17(24)19(8-4-5-9-19)12-6-2-1-3-7-12/h1-3,6-7,10-11H,4-5,8-9H2,(H,22,23,24). The summed E-state index contributed by atoms with van der Waals surface area (Å²) in [4.78, 5) is 17.6. The largest absolute Gasteiger partial charge is 0.301 e. The van der Waals surface area contributed by atoms with Gasteiger partial charge in [0.2, 0.25) is 5.91 Å². The number of carbonyl (C=O) groups excluding carboxylic acids is 1. The van der Waals surface area contributed by atoms with Crippen LogP contribution in [0.15, 0.2) is 42.5 Å². The van der Waals surface area contributed by atoms with Crippen LogP contribution in [0.5, 0.6) is 0 Å². The molecule has 1 aliphatic carbocycles. The predicted octanol–water partition coefficient (Wildman–Crippen LogP) is 6.05. The molecule has 6 heteroatoms. The van der Waals surface area contributed by atoms with Crippen molar-refractivity contribution < 1.29 is 4.79 Å². The molecular weight excluding hydrogens is 375 g/mol. The van der Waals surface area contributed by atoms with E-state index in [1.807, 2.05) is 30.3 Å². The second kappa shape index (κ2) is 6.60. The molecule has 3 nitrogen and oxygen atoms in total. The Kier molecular flexibility index (Phi) is 4.44. The second-order valence-electron chi connectivity index (χ2n) is 6.36. The number of carbonyl (C=O) groups is 1. The monoisotopic (exact) mass is 390 g/mol. The van der Waals surface area contributed by atoms with Gasteiger partial charge in [0, 0.05) is 0 Å². The summed E-state index contributed by atoms with van der Waals surface area (Å²) in [5.74, 6) is 0.0208. The molecular formula is C19H16Cl2N2OS. The molecule has 0 bridgehead atoms. The first-order valence-electron chi connectivity index (χ1n) is 8.21. The van der Waals surface area contributed by atoms with E-state index in [4.69, 9.17) is 23.2 Å². The third-order valence-corrected chi connectivity index (χ3v) is 6.52. The lowest BCUT2D eigenvalue weighted by molar-refractivity contribution is -0.121. The Labute approximate surface area is 160 Å². The van der Waals surface area contributed by atoms with Gasteiger partial charge in [-0.3, -0.25) is 4.79 Å². The molecule has 128 valence electrons. The van der Waals surface area contributed by atoms with Gasteiger partial charge < -0.3 is 5.32 Å². The van der Waals surface area contributed by atoms with Crippen LogP contribution in [0.4, 0.5) is 5.13 Å². The molecule has 4 rings (SSSR count). The van der Waals surface area contributed by atoms with E-state index < -0.39 is 5.41 Å². The van der Waals surface area contributed by atoms with E-state index in [0.717, 1.165) is 41.5 Å². The molecule has 3 aromatic rings. The molecule has 25 heavy (non-hydrogen) atoms. The minimum absolute atomic E-state index is 0.0208. The summed E-state index contributed by atoms with van der Waals surface area (Å²) < 4.78 is 0.907.